The van der Waals surface area contributed by atoms with Gasteiger partial charge in [-0.15, -0.1) is 0 Å². The third-order valence-corrected chi connectivity index (χ3v) is 5.12. The average Bonchev–Trinajstić information content (AvgIpc) is 3.31. The van der Waals surface area contributed by atoms with E-state index in [0.717, 1.165) is 46.5 Å². The van der Waals surface area contributed by atoms with Gasteiger partial charge in [-0.3, -0.25) is 9.89 Å². The number of anilines is 1. The van der Waals surface area contributed by atoms with E-state index >= 15 is 0 Å². The van der Waals surface area contributed by atoms with Crippen LogP contribution in [0, 0.1) is 6.92 Å². The van der Waals surface area contributed by atoms with E-state index in [-0.39, 0.29) is 5.43 Å². The molecule has 7 nitrogen and oxygen atoms in total. The SMILES string of the molecule is Cc1ccc(-c2c[nH]c3c(=O)cc(N4CCOCC4)[nH]c23)c2[nH]ncc12. The Hall–Kier alpha value is -3.06. The molecule has 3 N–H and O–H groups in total. The van der Waals surface area contributed by atoms with Gasteiger partial charge in [0.05, 0.1) is 30.4 Å². The molecule has 1 aliphatic heterocycles. The molecule has 0 unspecified atom stereocenters. The maximum absolute atomic E-state index is 12.6. The largest absolute Gasteiger partial charge is 0.378 e. The smallest absolute Gasteiger partial charge is 0.207 e. The number of benzene rings is 1. The first-order valence-corrected chi connectivity index (χ1v) is 8.72. The van der Waals surface area contributed by atoms with Gasteiger partial charge in [-0.05, 0) is 12.5 Å². The van der Waals surface area contributed by atoms with Crippen molar-refractivity contribution in [2.45, 2.75) is 6.92 Å². The van der Waals surface area contributed by atoms with Gasteiger partial charge < -0.3 is 19.6 Å². The number of H-pyrrole nitrogens is 3. The summed E-state index contributed by atoms with van der Waals surface area (Å²) in [5.41, 5.74) is 5.51. The van der Waals surface area contributed by atoms with Crippen molar-refractivity contribution in [3.63, 3.8) is 0 Å². The van der Waals surface area contributed by atoms with Crippen LogP contribution in [-0.4, -0.2) is 46.5 Å². The molecular weight excluding hydrogens is 330 g/mol. The van der Waals surface area contributed by atoms with E-state index in [0.29, 0.717) is 18.7 Å². The zero-order valence-electron chi connectivity index (χ0n) is 14.4. The maximum Gasteiger partial charge on any atom is 0.207 e. The second-order valence-corrected chi connectivity index (χ2v) is 6.66. The lowest BCUT2D eigenvalue weighted by atomic mass is 10.0. The minimum absolute atomic E-state index is 0.0144. The third-order valence-electron chi connectivity index (χ3n) is 5.12. The summed E-state index contributed by atoms with van der Waals surface area (Å²) in [4.78, 5) is 21.4. The molecule has 4 aromatic rings. The summed E-state index contributed by atoms with van der Waals surface area (Å²) in [5, 5.41) is 8.37. The minimum Gasteiger partial charge on any atom is -0.378 e. The van der Waals surface area contributed by atoms with E-state index in [1.165, 1.54) is 5.56 Å². The van der Waals surface area contributed by atoms with Crippen LogP contribution in [0.25, 0.3) is 33.1 Å². The van der Waals surface area contributed by atoms with Crippen molar-refractivity contribution < 1.29 is 4.74 Å². The fourth-order valence-electron chi connectivity index (χ4n) is 3.69. The molecule has 0 saturated carbocycles. The Balaban J connectivity index is 1.73. The second kappa shape index (κ2) is 5.74. The molecule has 5 rings (SSSR count). The zero-order chi connectivity index (χ0) is 17.7. The molecule has 4 heterocycles. The minimum atomic E-state index is -0.0144. The molecule has 1 aliphatic rings. The van der Waals surface area contributed by atoms with Crippen molar-refractivity contribution in [3.8, 4) is 11.1 Å². The van der Waals surface area contributed by atoms with Gasteiger partial charge in [-0.1, -0.05) is 12.1 Å². The average molecular weight is 349 g/mol. The highest BCUT2D eigenvalue weighted by atomic mass is 16.5. The number of hydrogen-bond donors (Lipinski definition) is 3. The van der Waals surface area contributed by atoms with Gasteiger partial charge in [-0.2, -0.15) is 5.10 Å². The van der Waals surface area contributed by atoms with Gasteiger partial charge in [0, 0.05) is 41.9 Å². The van der Waals surface area contributed by atoms with Crippen molar-refractivity contribution in [1.29, 1.82) is 0 Å². The first-order chi connectivity index (χ1) is 12.7. The van der Waals surface area contributed by atoms with Crippen LogP contribution in [0.1, 0.15) is 5.56 Å². The van der Waals surface area contributed by atoms with E-state index in [1.54, 1.807) is 6.07 Å². The molecule has 0 bridgehead atoms. The van der Waals surface area contributed by atoms with E-state index in [4.69, 9.17) is 4.74 Å². The fraction of sp³-hybridized carbons (Fsp3) is 0.263. The molecule has 0 aliphatic carbocycles. The molecule has 3 aromatic heterocycles. The number of pyridine rings is 1. The third kappa shape index (κ3) is 2.24. The molecule has 1 saturated heterocycles. The molecule has 7 heteroatoms. The number of aromatic nitrogens is 4. The number of aryl methyl sites for hydroxylation is 1. The fourth-order valence-corrected chi connectivity index (χ4v) is 3.69. The number of fused-ring (bicyclic) bond motifs is 2. The van der Waals surface area contributed by atoms with Crippen molar-refractivity contribution in [2.24, 2.45) is 0 Å². The quantitative estimate of drug-likeness (QED) is 0.519. The van der Waals surface area contributed by atoms with Gasteiger partial charge in [-0.25, -0.2) is 0 Å². The van der Waals surface area contributed by atoms with Crippen LogP contribution in [-0.2, 0) is 4.74 Å². The first kappa shape index (κ1) is 15.2. The van der Waals surface area contributed by atoms with Crippen LogP contribution in [0.4, 0.5) is 5.82 Å². The topological polar surface area (TPSA) is 89.8 Å². The summed E-state index contributed by atoms with van der Waals surface area (Å²) >= 11 is 0. The van der Waals surface area contributed by atoms with Gasteiger partial charge in [0.25, 0.3) is 0 Å². The van der Waals surface area contributed by atoms with Gasteiger partial charge in [0.2, 0.25) is 5.43 Å². The van der Waals surface area contributed by atoms with Crippen molar-refractivity contribution in [1.82, 2.24) is 20.2 Å². The Labute approximate surface area is 149 Å². The number of nitrogens with zero attached hydrogens (tertiary/aromatic N) is 2. The Bertz CT molecular complexity index is 1160. The Morgan fingerprint density at radius 1 is 1.12 bits per heavy atom. The van der Waals surface area contributed by atoms with Crippen LogP contribution >= 0.6 is 0 Å². The lowest BCUT2D eigenvalue weighted by molar-refractivity contribution is 0.122. The molecule has 132 valence electrons. The number of hydrogen-bond acceptors (Lipinski definition) is 4. The summed E-state index contributed by atoms with van der Waals surface area (Å²) in [7, 11) is 0. The lowest BCUT2D eigenvalue weighted by Gasteiger charge is -2.28. The Morgan fingerprint density at radius 3 is 2.81 bits per heavy atom. The molecular formula is C19H19N5O2. The van der Waals surface area contributed by atoms with Gasteiger partial charge in [0.15, 0.2) is 0 Å². The Kier molecular flexibility index (Phi) is 3.36. The van der Waals surface area contributed by atoms with Crippen molar-refractivity contribution in [2.75, 3.05) is 31.2 Å². The zero-order valence-corrected chi connectivity index (χ0v) is 14.4. The standard InChI is InChI=1S/C19H19N5O2/c1-11-2-3-12(17-13(11)10-21-23-17)14-9-20-19-15(25)8-16(22-18(14)19)24-4-6-26-7-5-24/h2-3,8-10,20H,4-7H2,1H3,(H,21,23)(H,22,25). The van der Waals surface area contributed by atoms with Crippen molar-refractivity contribution >= 4 is 27.8 Å². The highest BCUT2D eigenvalue weighted by molar-refractivity contribution is 6.03. The molecule has 0 amide bonds. The summed E-state index contributed by atoms with van der Waals surface area (Å²) in [6.45, 7) is 4.96. The van der Waals surface area contributed by atoms with E-state index in [9.17, 15) is 4.79 Å². The number of ether oxygens (including phenoxy) is 1. The normalized spacial score (nSPS) is 15.2. The molecule has 0 radical (unpaired) electrons. The summed E-state index contributed by atoms with van der Waals surface area (Å²) in [5.74, 6) is 0.833. The maximum atomic E-state index is 12.6. The highest BCUT2D eigenvalue weighted by Gasteiger charge is 2.17. The van der Waals surface area contributed by atoms with Crippen molar-refractivity contribution in [3.05, 3.63) is 46.4 Å². The number of rotatable bonds is 2. The number of morpholine rings is 1. The summed E-state index contributed by atoms with van der Waals surface area (Å²) in [6, 6.07) is 5.81. The van der Waals surface area contributed by atoms with Gasteiger partial charge in [0.1, 0.15) is 11.3 Å². The molecule has 0 atom stereocenters. The van der Waals surface area contributed by atoms with Crippen LogP contribution in [0.3, 0.4) is 0 Å². The number of aromatic amines is 3. The van der Waals surface area contributed by atoms with E-state index in [2.05, 4.69) is 44.1 Å². The van der Waals surface area contributed by atoms with Crippen LogP contribution in [0.15, 0.2) is 35.4 Å². The summed E-state index contributed by atoms with van der Waals surface area (Å²) in [6.07, 6.45) is 3.72. The monoisotopic (exact) mass is 349 g/mol. The van der Waals surface area contributed by atoms with Crippen LogP contribution in [0.2, 0.25) is 0 Å². The van der Waals surface area contributed by atoms with Gasteiger partial charge >= 0.3 is 0 Å². The van der Waals surface area contributed by atoms with Crippen LogP contribution in [0.5, 0.6) is 0 Å². The lowest BCUT2D eigenvalue weighted by Crippen LogP contribution is -2.37. The van der Waals surface area contributed by atoms with Crippen LogP contribution < -0.4 is 10.3 Å². The Morgan fingerprint density at radius 2 is 1.96 bits per heavy atom. The molecule has 26 heavy (non-hydrogen) atoms. The second-order valence-electron chi connectivity index (χ2n) is 6.66. The predicted molar refractivity (Wildman–Crippen MR) is 102 cm³/mol. The summed E-state index contributed by atoms with van der Waals surface area (Å²) < 4.78 is 5.42. The molecule has 1 fully saturated rings. The first-order valence-electron chi connectivity index (χ1n) is 8.72. The van der Waals surface area contributed by atoms with E-state index < -0.39 is 0 Å². The molecule has 0 spiro atoms. The highest BCUT2D eigenvalue weighted by Crippen LogP contribution is 2.33. The van der Waals surface area contributed by atoms with E-state index in [1.807, 2.05) is 12.4 Å². The predicted octanol–water partition coefficient (Wildman–Crippen LogP) is 2.54. The molecule has 1 aromatic carbocycles. The number of nitrogens with one attached hydrogen (secondary N) is 3.